The van der Waals surface area contributed by atoms with Crippen LogP contribution in [-0.4, -0.2) is 11.8 Å². The van der Waals surface area contributed by atoms with Crippen LogP contribution < -0.4 is 10.9 Å². The van der Waals surface area contributed by atoms with Crippen LogP contribution in [-0.2, 0) is 0 Å². The van der Waals surface area contributed by atoms with E-state index in [1.807, 2.05) is 0 Å². The van der Waals surface area contributed by atoms with Gasteiger partial charge in [-0.15, -0.1) is 0 Å². The van der Waals surface area contributed by atoms with Crippen LogP contribution in [0.2, 0.25) is 5.02 Å². The number of hydrogen-bond acceptors (Lipinski definition) is 3. The molecule has 0 atom stereocenters. The molecular formula is C14H12BrClN2O3. The molecule has 0 fully saturated rings. The molecule has 0 radical (unpaired) electrons. The molecule has 0 unspecified atom stereocenters. The summed E-state index contributed by atoms with van der Waals surface area (Å²) in [5.74, 6) is 0.148. The molecule has 1 aromatic heterocycles. The highest BCUT2D eigenvalue weighted by molar-refractivity contribution is 9.10. The molecule has 1 aromatic carbocycles. The monoisotopic (exact) mass is 370 g/mol. The maximum atomic E-state index is 12.0. The van der Waals surface area contributed by atoms with E-state index in [0.29, 0.717) is 26.6 Å². The summed E-state index contributed by atoms with van der Waals surface area (Å²) in [6.07, 6.45) is 0. The van der Waals surface area contributed by atoms with Gasteiger partial charge < -0.3 is 4.42 Å². The van der Waals surface area contributed by atoms with Crippen LogP contribution in [0.1, 0.15) is 32.2 Å². The Hall–Kier alpha value is -1.79. The Labute approximate surface area is 134 Å². The molecule has 0 aliphatic rings. The standard InChI is InChI=1S/C14H12BrClN2O3/c1-7-5-10(8(2)21-7)13(19)17-18-14(20)11-6-9(15)3-4-12(11)16/h3-6H,1-2H3,(H,17,19)(H,18,20). The molecule has 2 amide bonds. The molecule has 0 aliphatic heterocycles. The van der Waals surface area contributed by atoms with E-state index in [-0.39, 0.29) is 5.56 Å². The summed E-state index contributed by atoms with van der Waals surface area (Å²) < 4.78 is 5.97. The van der Waals surface area contributed by atoms with Crippen LogP contribution in [0.5, 0.6) is 0 Å². The van der Waals surface area contributed by atoms with Gasteiger partial charge in [0.25, 0.3) is 11.8 Å². The topological polar surface area (TPSA) is 71.3 Å². The van der Waals surface area contributed by atoms with Gasteiger partial charge in [-0.25, -0.2) is 0 Å². The minimum absolute atomic E-state index is 0.256. The third-order valence-electron chi connectivity index (χ3n) is 2.75. The molecule has 0 saturated carbocycles. The van der Waals surface area contributed by atoms with Gasteiger partial charge in [-0.1, -0.05) is 27.5 Å². The van der Waals surface area contributed by atoms with E-state index in [1.54, 1.807) is 38.1 Å². The molecule has 0 bridgehead atoms. The number of carbonyl (C=O) groups is 2. The number of halogens is 2. The summed E-state index contributed by atoms with van der Waals surface area (Å²) in [6, 6.07) is 6.47. The summed E-state index contributed by atoms with van der Waals surface area (Å²) in [4.78, 5) is 23.9. The Kier molecular flexibility index (Phi) is 4.69. The minimum atomic E-state index is -0.507. The number of hydrazine groups is 1. The van der Waals surface area contributed by atoms with Crippen LogP contribution in [0.25, 0.3) is 0 Å². The SMILES string of the molecule is Cc1cc(C(=O)NNC(=O)c2cc(Br)ccc2Cl)c(C)o1. The van der Waals surface area contributed by atoms with Crippen molar-refractivity contribution in [3.05, 3.63) is 56.4 Å². The zero-order chi connectivity index (χ0) is 15.6. The van der Waals surface area contributed by atoms with Crippen molar-refractivity contribution >= 4 is 39.3 Å². The third kappa shape index (κ3) is 3.65. The summed E-state index contributed by atoms with van der Waals surface area (Å²) >= 11 is 9.20. The Morgan fingerprint density at radius 2 is 1.71 bits per heavy atom. The smallest absolute Gasteiger partial charge is 0.273 e. The first-order chi connectivity index (χ1) is 9.88. The van der Waals surface area contributed by atoms with Crippen LogP contribution in [0, 0.1) is 13.8 Å². The predicted molar refractivity (Wildman–Crippen MR) is 82.3 cm³/mol. The first kappa shape index (κ1) is 15.6. The van der Waals surface area contributed by atoms with Crippen molar-refractivity contribution in [1.29, 1.82) is 0 Å². The predicted octanol–water partition coefficient (Wildman–Crippen LogP) is 3.39. The second kappa shape index (κ2) is 6.32. The van der Waals surface area contributed by atoms with Crippen molar-refractivity contribution in [2.45, 2.75) is 13.8 Å². The van der Waals surface area contributed by atoms with Crippen molar-refractivity contribution in [3.63, 3.8) is 0 Å². The molecule has 0 aliphatic carbocycles. The van der Waals surface area contributed by atoms with Crippen molar-refractivity contribution in [1.82, 2.24) is 10.9 Å². The minimum Gasteiger partial charge on any atom is -0.466 e. The highest BCUT2D eigenvalue weighted by Crippen LogP contribution is 2.20. The van der Waals surface area contributed by atoms with E-state index in [0.717, 1.165) is 0 Å². The van der Waals surface area contributed by atoms with Crippen molar-refractivity contribution in [3.8, 4) is 0 Å². The van der Waals surface area contributed by atoms with E-state index >= 15 is 0 Å². The largest absolute Gasteiger partial charge is 0.466 e. The number of furan rings is 1. The van der Waals surface area contributed by atoms with Gasteiger partial charge in [-0.2, -0.15) is 0 Å². The molecule has 110 valence electrons. The van der Waals surface area contributed by atoms with Crippen LogP contribution in [0.3, 0.4) is 0 Å². The average molecular weight is 372 g/mol. The molecule has 0 saturated heterocycles. The maximum Gasteiger partial charge on any atom is 0.273 e. The average Bonchev–Trinajstić information content (AvgIpc) is 2.77. The van der Waals surface area contributed by atoms with Gasteiger partial charge in [0.05, 0.1) is 16.1 Å². The summed E-state index contributed by atoms with van der Waals surface area (Å²) in [5, 5.41) is 0.292. The molecular weight excluding hydrogens is 360 g/mol. The Morgan fingerprint density at radius 1 is 1.10 bits per heavy atom. The first-order valence-electron chi connectivity index (χ1n) is 6.01. The fourth-order valence-corrected chi connectivity index (χ4v) is 2.34. The van der Waals surface area contributed by atoms with Gasteiger partial charge in [-0.05, 0) is 38.1 Å². The Balaban J connectivity index is 2.06. The van der Waals surface area contributed by atoms with Crippen LogP contribution in [0.15, 0.2) is 33.2 Å². The second-order valence-electron chi connectivity index (χ2n) is 4.36. The van der Waals surface area contributed by atoms with E-state index in [4.69, 9.17) is 16.0 Å². The van der Waals surface area contributed by atoms with E-state index in [9.17, 15) is 9.59 Å². The van der Waals surface area contributed by atoms with E-state index in [2.05, 4.69) is 26.8 Å². The van der Waals surface area contributed by atoms with Crippen molar-refractivity contribution in [2.75, 3.05) is 0 Å². The summed E-state index contributed by atoms with van der Waals surface area (Å²) in [7, 11) is 0. The number of hydrogen-bond donors (Lipinski definition) is 2. The molecule has 2 aromatic rings. The second-order valence-corrected chi connectivity index (χ2v) is 5.68. The molecule has 7 heteroatoms. The fourth-order valence-electron chi connectivity index (χ4n) is 1.78. The highest BCUT2D eigenvalue weighted by Gasteiger charge is 2.16. The van der Waals surface area contributed by atoms with Crippen LogP contribution >= 0.6 is 27.5 Å². The lowest BCUT2D eigenvalue weighted by atomic mass is 10.2. The van der Waals surface area contributed by atoms with Gasteiger partial charge in [0.2, 0.25) is 0 Å². The molecule has 5 nitrogen and oxygen atoms in total. The fraction of sp³-hybridized carbons (Fsp3) is 0.143. The van der Waals surface area contributed by atoms with E-state index in [1.165, 1.54) is 0 Å². The number of amides is 2. The Morgan fingerprint density at radius 3 is 2.29 bits per heavy atom. The van der Waals surface area contributed by atoms with Gasteiger partial charge >= 0.3 is 0 Å². The normalized spacial score (nSPS) is 10.3. The van der Waals surface area contributed by atoms with Gasteiger partial charge in [0.1, 0.15) is 11.5 Å². The number of rotatable bonds is 2. The van der Waals surface area contributed by atoms with E-state index < -0.39 is 11.8 Å². The molecule has 0 spiro atoms. The number of benzene rings is 1. The zero-order valence-electron chi connectivity index (χ0n) is 11.3. The lowest BCUT2D eigenvalue weighted by molar-refractivity contribution is 0.0845. The van der Waals surface area contributed by atoms with Gasteiger partial charge in [-0.3, -0.25) is 20.4 Å². The summed E-state index contributed by atoms with van der Waals surface area (Å²) in [5.41, 5.74) is 5.27. The molecule has 2 N–H and O–H groups in total. The molecule has 21 heavy (non-hydrogen) atoms. The summed E-state index contributed by atoms with van der Waals surface area (Å²) in [6.45, 7) is 3.42. The number of carbonyl (C=O) groups excluding carboxylic acids is 2. The Bertz CT molecular complexity index is 712. The van der Waals surface area contributed by atoms with Gasteiger partial charge in [0.15, 0.2) is 0 Å². The van der Waals surface area contributed by atoms with Crippen molar-refractivity contribution < 1.29 is 14.0 Å². The lowest BCUT2D eigenvalue weighted by Crippen LogP contribution is -2.41. The molecule has 1 heterocycles. The van der Waals surface area contributed by atoms with Crippen molar-refractivity contribution in [2.24, 2.45) is 0 Å². The van der Waals surface area contributed by atoms with Gasteiger partial charge in [0, 0.05) is 4.47 Å². The zero-order valence-corrected chi connectivity index (χ0v) is 13.6. The first-order valence-corrected chi connectivity index (χ1v) is 7.18. The quantitative estimate of drug-likeness (QED) is 0.795. The third-order valence-corrected chi connectivity index (χ3v) is 3.57. The van der Waals surface area contributed by atoms with Crippen LogP contribution in [0.4, 0.5) is 0 Å². The number of aryl methyl sites for hydroxylation is 2. The number of nitrogens with one attached hydrogen (secondary N) is 2. The molecule has 2 rings (SSSR count). The highest BCUT2D eigenvalue weighted by atomic mass is 79.9. The maximum absolute atomic E-state index is 12.0. The lowest BCUT2D eigenvalue weighted by Gasteiger charge is -2.08.